The molecule has 0 aliphatic rings. The van der Waals surface area contributed by atoms with E-state index in [0.29, 0.717) is 11.7 Å². The quantitative estimate of drug-likeness (QED) is 0.920. The summed E-state index contributed by atoms with van der Waals surface area (Å²) in [4.78, 5) is 7.75. The molecular weight excluding hydrogens is 245 g/mol. The minimum Gasteiger partial charge on any atom is -0.436 e. The molecule has 0 saturated heterocycles. The van der Waals surface area contributed by atoms with E-state index in [0.717, 1.165) is 22.9 Å². The minimum atomic E-state index is -0.586. The summed E-state index contributed by atoms with van der Waals surface area (Å²) >= 11 is 0. The van der Waals surface area contributed by atoms with Crippen molar-refractivity contribution in [1.82, 2.24) is 9.97 Å². The standard InChI is InChI=1S/C14H16FN3O/c1-8-5-9(2)10(3)12(6-8)19-13-11(15)7-17-14(16-4)18-13/h5-7H,1-4H3,(H,16,17,18). The summed E-state index contributed by atoms with van der Waals surface area (Å²) in [6.07, 6.45) is 1.09. The summed E-state index contributed by atoms with van der Waals surface area (Å²) in [7, 11) is 1.67. The summed E-state index contributed by atoms with van der Waals surface area (Å²) in [5.41, 5.74) is 3.12. The number of rotatable bonds is 3. The molecule has 0 aliphatic heterocycles. The average Bonchev–Trinajstić information content (AvgIpc) is 2.38. The number of hydrogen-bond acceptors (Lipinski definition) is 4. The highest BCUT2D eigenvalue weighted by atomic mass is 19.1. The third-order valence-corrected chi connectivity index (χ3v) is 2.91. The molecule has 0 bridgehead atoms. The van der Waals surface area contributed by atoms with Gasteiger partial charge in [-0.2, -0.15) is 9.37 Å². The molecule has 0 unspecified atom stereocenters. The summed E-state index contributed by atoms with van der Waals surface area (Å²) in [6.45, 7) is 5.89. The van der Waals surface area contributed by atoms with Crippen LogP contribution < -0.4 is 10.1 Å². The molecule has 1 aromatic carbocycles. The topological polar surface area (TPSA) is 47.0 Å². The van der Waals surface area contributed by atoms with Crippen molar-refractivity contribution >= 4 is 5.95 Å². The molecule has 5 heteroatoms. The maximum atomic E-state index is 13.6. The zero-order valence-electron chi connectivity index (χ0n) is 11.4. The number of aromatic nitrogens is 2. The van der Waals surface area contributed by atoms with Gasteiger partial charge >= 0.3 is 0 Å². The Bertz CT molecular complexity index is 614. The predicted molar refractivity (Wildman–Crippen MR) is 72.3 cm³/mol. The highest BCUT2D eigenvalue weighted by Gasteiger charge is 2.11. The van der Waals surface area contributed by atoms with Crippen molar-refractivity contribution in [2.24, 2.45) is 0 Å². The molecule has 1 aromatic heterocycles. The molecule has 0 amide bonds. The number of benzene rings is 1. The van der Waals surface area contributed by atoms with Crippen LogP contribution in [0.3, 0.4) is 0 Å². The lowest BCUT2D eigenvalue weighted by Gasteiger charge is -2.12. The van der Waals surface area contributed by atoms with E-state index in [-0.39, 0.29) is 5.88 Å². The van der Waals surface area contributed by atoms with Gasteiger partial charge in [-0.25, -0.2) is 4.98 Å². The van der Waals surface area contributed by atoms with Gasteiger partial charge in [0.2, 0.25) is 11.8 Å². The van der Waals surface area contributed by atoms with Gasteiger partial charge in [0.15, 0.2) is 0 Å². The van der Waals surface area contributed by atoms with Crippen LogP contribution in [0.25, 0.3) is 0 Å². The fourth-order valence-electron chi connectivity index (χ4n) is 1.75. The lowest BCUT2D eigenvalue weighted by atomic mass is 10.1. The predicted octanol–water partition coefficient (Wildman–Crippen LogP) is 3.37. The van der Waals surface area contributed by atoms with Gasteiger partial charge in [0, 0.05) is 7.05 Å². The first-order chi connectivity index (χ1) is 9.01. The second-order valence-electron chi connectivity index (χ2n) is 4.40. The summed E-state index contributed by atoms with van der Waals surface area (Å²) in [6, 6.07) is 3.92. The van der Waals surface area contributed by atoms with E-state index >= 15 is 0 Å². The van der Waals surface area contributed by atoms with Crippen molar-refractivity contribution in [2.45, 2.75) is 20.8 Å². The first-order valence-corrected chi connectivity index (χ1v) is 5.97. The highest BCUT2D eigenvalue weighted by Crippen LogP contribution is 2.29. The van der Waals surface area contributed by atoms with Crippen LogP contribution in [0, 0.1) is 26.6 Å². The molecule has 0 atom stereocenters. The van der Waals surface area contributed by atoms with Crippen LogP contribution in [0.4, 0.5) is 10.3 Å². The van der Waals surface area contributed by atoms with Crippen LogP contribution in [-0.4, -0.2) is 17.0 Å². The smallest absolute Gasteiger partial charge is 0.260 e. The molecule has 19 heavy (non-hydrogen) atoms. The van der Waals surface area contributed by atoms with Crippen LogP contribution >= 0.6 is 0 Å². The number of halogens is 1. The van der Waals surface area contributed by atoms with Gasteiger partial charge in [-0.1, -0.05) is 6.07 Å². The van der Waals surface area contributed by atoms with Gasteiger partial charge in [-0.3, -0.25) is 0 Å². The Kier molecular flexibility index (Phi) is 3.64. The molecule has 4 nitrogen and oxygen atoms in total. The van der Waals surface area contributed by atoms with Gasteiger partial charge in [-0.15, -0.1) is 0 Å². The molecule has 0 radical (unpaired) electrons. The molecule has 100 valence electrons. The number of nitrogens with zero attached hydrogens (tertiary/aromatic N) is 2. The molecule has 0 aliphatic carbocycles. The molecule has 0 fully saturated rings. The lowest BCUT2D eigenvalue weighted by Crippen LogP contribution is -2.01. The lowest BCUT2D eigenvalue weighted by molar-refractivity contribution is 0.417. The van der Waals surface area contributed by atoms with Gasteiger partial charge in [-0.05, 0) is 43.5 Å². The number of aryl methyl sites for hydroxylation is 2. The number of nitrogens with one attached hydrogen (secondary N) is 1. The van der Waals surface area contributed by atoms with Crippen LogP contribution in [-0.2, 0) is 0 Å². The largest absolute Gasteiger partial charge is 0.436 e. The van der Waals surface area contributed by atoms with Crippen molar-refractivity contribution in [3.63, 3.8) is 0 Å². The summed E-state index contributed by atoms with van der Waals surface area (Å²) < 4.78 is 19.2. The summed E-state index contributed by atoms with van der Waals surface area (Å²) in [5, 5.41) is 2.75. The fourth-order valence-corrected chi connectivity index (χ4v) is 1.75. The maximum absolute atomic E-state index is 13.6. The maximum Gasteiger partial charge on any atom is 0.260 e. The molecule has 2 rings (SSSR count). The normalized spacial score (nSPS) is 10.4. The van der Waals surface area contributed by atoms with E-state index in [2.05, 4.69) is 21.4 Å². The van der Waals surface area contributed by atoms with E-state index in [1.54, 1.807) is 7.05 Å². The van der Waals surface area contributed by atoms with Crippen LogP contribution in [0.1, 0.15) is 16.7 Å². The van der Waals surface area contributed by atoms with Crippen LogP contribution in [0.2, 0.25) is 0 Å². The fraction of sp³-hybridized carbons (Fsp3) is 0.286. The molecule has 0 saturated carbocycles. The Hall–Kier alpha value is -2.17. The molecule has 1 heterocycles. The van der Waals surface area contributed by atoms with Crippen molar-refractivity contribution < 1.29 is 9.13 Å². The second-order valence-corrected chi connectivity index (χ2v) is 4.40. The molecule has 0 spiro atoms. The van der Waals surface area contributed by atoms with Gasteiger partial charge in [0.25, 0.3) is 5.88 Å². The summed E-state index contributed by atoms with van der Waals surface area (Å²) in [5.74, 6) is 0.264. The first kappa shape index (κ1) is 13.3. The van der Waals surface area contributed by atoms with E-state index < -0.39 is 5.82 Å². The Morgan fingerprint density at radius 3 is 2.63 bits per heavy atom. The van der Waals surface area contributed by atoms with Crippen molar-refractivity contribution in [1.29, 1.82) is 0 Å². The highest BCUT2D eigenvalue weighted by molar-refractivity contribution is 5.44. The molecule has 1 N–H and O–H groups in total. The zero-order chi connectivity index (χ0) is 14.0. The Balaban J connectivity index is 2.41. The van der Waals surface area contributed by atoms with Gasteiger partial charge in [0.1, 0.15) is 5.75 Å². The second kappa shape index (κ2) is 5.22. The third-order valence-electron chi connectivity index (χ3n) is 2.91. The third kappa shape index (κ3) is 2.81. The molecular formula is C14H16FN3O. The Morgan fingerprint density at radius 2 is 1.95 bits per heavy atom. The number of hydrogen-bond donors (Lipinski definition) is 1. The number of ether oxygens (including phenoxy) is 1. The Morgan fingerprint density at radius 1 is 1.21 bits per heavy atom. The van der Waals surface area contributed by atoms with Crippen LogP contribution in [0.5, 0.6) is 11.6 Å². The van der Waals surface area contributed by atoms with Crippen molar-refractivity contribution in [3.8, 4) is 11.6 Å². The first-order valence-electron chi connectivity index (χ1n) is 5.97. The SMILES string of the molecule is CNc1ncc(F)c(Oc2cc(C)cc(C)c2C)n1. The van der Waals surface area contributed by atoms with E-state index in [1.165, 1.54) is 0 Å². The van der Waals surface area contributed by atoms with Gasteiger partial charge in [0.05, 0.1) is 6.20 Å². The van der Waals surface area contributed by atoms with E-state index in [9.17, 15) is 4.39 Å². The zero-order valence-corrected chi connectivity index (χ0v) is 11.4. The van der Waals surface area contributed by atoms with Crippen molar-refractivity contribution in [3.05, 3.63) is 40.8 Å². The average molecular weight is 261 g/mol. The minimum absolute atomic E-state index is 0.0764. The van der Waals surface area contributed by atoms with Crippen LogP contribution in [0.15, 0.2) is 18.3 Å². The number of anilines is 1. The Labute approximate surface area is 111 Å². The van der Waals surface area contributed by atoms with E-state index in [4.69, 9.17) is 4.74 Å². The van der Waals surface area contributed by atoms with Crippen molar-refractivity contribution in [2.75, 3.05) is 12.4 Å². The van der Waals surface area contributed by atoms with Gasteiger partial charge < -0.3 is 10.1 Å². The molecule has 2 aromatic rings. The monoisotopic (exact) mass is 261 g/mol. The van der Waals surface area contributed by atoms with E-state index in [1.807, 2.05) is 26.8 Å².